The number of benzene rings is 1. The van der Waals surface area contributed by atoms with Gasteiger partial charge in [0.1, 0.15) is 17.8 Å². The average Bonchev–Trinajstić information content (AvgIpc) is 3.15. The fraction of sp³-hybridized carbons (Fsp3) is 0.214. The second kappa shape index (κ2) is 5.16. The molecule has 0 atom stereocenters. The molecule has 1 aromatic carbocycles. The molecule has 0 aliphatic heterocycles. The summed E-state index contributed by atoms with van der Waals surface area (Å²) in [6.07, 6.45) is 4.29. The number of hydrogen-bond acceptors (Lipinski definition) is 5. The maximum absolute atomic E-state index is 5.21. The zero-order valence-electron chi connectivity index (χ0n) is 11.3. The standard InChI is InChI=1S/C14H14N4O2/c1-3-13-16-14(20-17-13)12-8-18(9-15-12)10-5-4-6-11(7-10)19-2/h4-9H,3H2,1-2H3. The molecule has 0 spiro atoms. The van der Waals surface area contributed by atoms with Crippen molar-refractivity contribution < 1.29 is 9.26 Å². The van der Waals surface area contributed by atoms with Crippen molar-refractivity contribution in [1.82, 2.24) is 19.7 Å². The molecular weight excluding hydrogens is 256 g/mol. The Balaban J connectivity index is 1.93. The number of hydrogen-bond donors (Lipinski definition) is 0. The van der Waals surface area contributed by atoms with Crippen LogP contribution in [0.4, 0.5) is 0 Å². The van der Waals surface area contributed by atoms with E-state index in [0.717, 1.165) is 17.9 Å². The Hall–Kier alpha value is -2.63. The molecule has 3 rings (SSSR count). The summed E-state index contributed by atoms with van der Waals surface area (Å²) in [6, 6.07) is 7.72. The maximum atomic E-state index is 5.21. The van der Waals surface area contributed by atoms with Crippen molar-refractivity contribution >= 4 is 0 Å². The number of rotatable bonds is 4. The van der Waals surface area contributed by atoms with Crippen LogP contribution < -0.4 is 4.74 Å². The van der Waals surface area contributed by atoms with Crippen molar-refractivity contribution in [2.75, 3.05) is 7.11 Å². The first-order valence-corrected chi connectivity index (χ1v) is 6.31. The van der Waals surface area contributed by atoms with Gasteiger partial charge < -0.3 is 13.8 Å². The molecule has 0 aliphatic carbocycles. The Morgan fingerprint density at radius 3 is 3.00 bits per heavy atom. The van der Waals surface area contributed by atoms with Crippen molar-refractivity contribution in [3.63, 3.8) is 0 Å². The predicted octanol–water partition coefficient (Wildman–Crippen LogP) is 2.49. The quantitative estimate of drug-likeness (QED) is 0.728. The van der Waals surface area contributed by atoms with Gasteiger partial charge in [0.2, 0.25) is 0 Å². The highest BCUT2D eigenvalue weighted by Crippen LogP contribution is 2.20. The van der Waals surface area contributed by atoms with Gasteiger partial charge in [-0.15, -0.1) is 0 Å². The van der Waals surface area contributed by atoms with E-state index in [1.54, 1.807) is 13.4 Å². The highest BCUT2D eigenvalue weighted by molar-refractivity contribution is 5.48. The first kappa shape index (κ1) is 12.4. The molecule has 0 saturated heterocycles. The molecular formula is C14H14N4O2. The molecule has 2 heterocycles. The predicted molar refractivity (Wildman–Crippen MR) is 72.8 cm³/mol. The molecule has 6 nitrogen and oxygen atoms in total. The summed E-state index contributed by atoms with van der Waals surface area (Å²) in [6.45, 7) is 1.98. The lowest BCUT2D eigenvalue weighted by molar-refractivity contribution is 0.414. The summed E-state index contributed by atoms with van der Waals surface area (Å²) in [7, 11) is 1.64. The van der Waals surface area contributed by atoms with Crippen LogP contribution in [0.15, 0.2) is 41.3 Å². The van der Waals surface area contributed by atoms with Crippen LogP contribution in [0.3, 0.4) is 0 Å². The Kier molecular flexibility index (Phi) is 3.20. The van der Waals surface area contributed by atoms with E-state index in [4.69, 9.17) is 9.26 Å². The van der Waals surface area contributed by atoms with E-state index in [1.165, 1.54) is 0 Å². The molecule has 0 bridgehead atoms. The third-order valence-electron chi connectivity index (χ3n) is 2.94. The molecule has 20 heavy (non-hydrogen) atoms. The summed E-state index contributed by atoms with van der Waals surface area (Å²) in [4.78, 5) is 8.55. The van der Waals surface area contributed by atoms with Gasteiger partial charge in [-0.3, -0.25) is 0 Å². The van der Waals surface area contributed by atoms with Crippen LogP contribution in [0.1, 0.15) is 12.7 Å². The number of aryl methyl sites for hydroxylation is 1. The first-order chi connectivity index (χ1) is 9.80. The van der Waals surface area contributed by atoms with E-state index in [2.05, 4.69) is 15.1 Å². The van der Waals surface area contributed by atoms with Gasteiger partial charge in [0, 0.05) is 18.7 Å². The molecule has 0 aliphatic rings. The lowest BCUT2D eigenvalue weighted by atomic mass is 10.3. The zero-order valence-corrected chi connectivity index (χ0v) is 11.3. The highest BCUT2D eigenvalue weighted by Gasteiger charge is 2.11. The van der Waals surface area contributed by atoms with Crippen molar-refractivity contribution in [3.05, 3.63) is 42.6 Å². The summed E-state index contributed by atoms with van der Waals surface area (Å²) in [5.41, 5.74) is 1.61. The number of aromatic nitrogens is 4. The van der Waals surface area contributed by atoms with Crippen molar-refractivity contribution in [2.45, 2.75) is 13.3 Å². The highest BCUT2D eigenvalue weighted by atomic mass is 16.5. The topological polar surface area (TPSA) is 66.0 Å². The minimum absolute atomic E-state index is 0.434. The lowest BCUT2D eigenvalue weighted by Gasteiger charge is -2.04. The zero-order chi connectivity index (χ0) is 13.9. The van der Waals surface area contributed by atoms with E-state index in [0.29, 0.717) is 17.4 Å². The van der Waals surface area contributed by atoms with Crippen molar-refractivity contribution in [3.8, 4) is 23.0 Å². The number of ether oxygens (including phenoxy) is 1. The normalized spacial score (nSPS) is 10.7. The van der Waals surface area contributed by atoms with Crippen LogP contribution in [0.5, 0.6) is 5.75 Å². The van der Waals surface area contributed by atoms with Gasteiger partial charge in [0.25, 0.3) is 5.89 Å². The number of methoxy groups -OCH3 is 1. The molecule has 0 fully saturated rings. The summed E-state index contributed by atoms with van der Waals surface area (Å²) >= 11 is 0. The van der Waals surface area contributed by atoms with Gasteiger partial charge in [-0.2, -0.15) is 4.98 Å². The Bertz CT molecular complexity index is 717. The number of nitrogens with zero attached hydrogens (tertiary/aromatic N) is 4. The molecule has 0 saturated carbocycles. The van der Waals surface area contributed by atoms with Crippen LogP contribution in [0.25, 0.3) is 17.3 Å². The monoisotopic (exact) mass is 270 g/mol. The smallest absolute Gasteiger partial charge is 0.278 e. The van der Waals surface area contributed by atoms with E-state index in [9.17, 15) is 0 Å². The Morgan fingerprint density at radius 2 is 2.25 bits per heavy atom. The second-order valence-electron chi connectivity index (χ2n) is 4.24. The first-order valence-electron chi connectivity index (χ1n) is 6.31. The van der Waals surface area contributed by atoms with Gasteiger partial charge in [0.15, 0.2) is 5.82 Å². The fourth-order valence-electron chi connectivity index (χ4n) is 1.85. The number of imidazole rings is 1. The molecule has 102 valence electrons. The second-order valence-corrected chi connectivity index (χ2v) is 4.24. The molecule has 2 aromatic heterocycles. The van der Waals surface area contributed by atoms with E-state index >= 15 is 0 Å². The SMILES string of the molecule is CCc1noc(-c2cn(-c3cccc(OC)c3)cn2)n1. The summed E-state index contributed by atoms with van der Waals surface area (Å²) < 4.78 is 12.3. The molecule has 0 radical (unpaired) electrons. The summed E-state index contributed by atoms with van der Waals surface area (Å²) in [5.74, 6) is 1.91. The molecule has 3 aromatic rings. The molecule has 0 unspecified atom stereocenters. The van der Waals surface area contributed by atoms with Crippen LogP contribution in [0.2, 0.25) is 0 Å². The largest absolute Gasteiger partial charge is 0.497 e. The molecule has 6 heteroatoms. The van der Waals surface area contributed by atoms with Crippen LogP contribution in [0, 0.1) is 0 Å². The molecule has 0 amide bonds. The van der Waals surface area contributed by atoms with Crippen LogP contribution in [-0.2, 0) is 6.42 Å². The van der Waals surface area contributed by atoms with Gasteiger partial charge >= 0.3 is 0 Å². The van der Waals surface area contributed by atoms with E-state index < -0.39 is 0 Å². The van der Waals surface area contributed by atoms with Gasteiger partial charge in [-0.25, -0.2) is 4.98 Å². The van der Waals surface area contributed by atoms with Crippen LogP contribution >= 0.6 is 0 Å². The average molecular weight is 270 g/mol. The van der Waals surface area contributed by atoms with Gasteiger partial charge in [-0.05, 0) is 12.1 Å². The third-order valence-corrected chi connectivity index (χ3v) is 2.94. The Morgan fingerprint density at radius 1 is 1.35 bits per heavy atom. The van der Waals surface area contributed by atoms with Crippen molar-refractivity contribution in [2.24, 2.45) is 0 Å². The lowest BCUT2D eigenvalue weighted by Crippen LogP contribution is -1.91. The van der Waals surface area contributed by atoms with Crippen LogP contribution in [-0.4, -0.2) is 26.8 Å². The summed E-state index contributed by atoms with van der Waals surface area (Å²) in [5, 5.41) is 3.87. The van der Waals surface area contributed by atoms with Gasteiger partial charge in [-0.1, -0.05) is 18.1 Å². The molecule has 0 N–H and O–H groups in total. The maximum Gasteiger partial charge on any atom is 0.278 e. The minimum Gasteiger partial charge on any atom is -0.497 e. The van der Waals surface area contributed by atoms with Gasteiger partial charge in [0.05, 0.1) is 12.8 Å². The van der Waals surface area contributed by atoms with Crippen molar-refractivity contribution in [1.29, 1.82) is 0 Å². The van der Waals surface area contributed by atoms with E-state index in [1.807, 2.05) is 42.0 Å². The fourth-order valence-corrected chi connectivity index (χ4v) is 1.85. The minimum atomic E-state index is 0.434. The van der Waals surface area contributed by atoms with E-state index in [-0.39, 0.29) is 0 Å². The third kappa shape index (κ3) is 2.27. The Labute approximate surface area is 116 Å².